The molecule has 0 aromatic heterocycles. The van der Waals surface area contributed by atoms with Crippen LogP contribution in [0.5, 0.6) is 0 Å². The van der Waals surface area contributed by atoms with E-state index in [2.05, 4.69) is 5.32 Å². The zero-order chi connectivity index (χ0) is 13.7. The molecule has 0 radical (unpaired) electrons. The van der Waals surface area contributed by atoms with Crippen molar-refractivity contribution in [3.63, 3.8) is 0 Å². The maximum absolute atomic E-state index is 11.9. The smallest absolute Gasteiger partial charge is 0.335 e. The third-order valence-corrected chi connectivity index (χ3v) is 2.39. The molecule has 0 fully saturated rings. The second kappa shape index (κ2) is 5.81. The summed E-state index contributed by atoms with van der Waals surface area (Å²) >= 11 is 0. The second-order valence-corrected chi connectivity index (χ2v) is 3.72. The van der Waals surface area contributed by atoms with E-state index in [1.54, 1.807) is 0 Å². The van der Waals surface area contributed by atoms with Crippen LogP contribution in [0.1, 0.15) is 20.7 Å². The van der Waals surface area contributed by atoms with Crippen LogP contribution in [0.4, 0.5) is 0 Å². The average molecular weight is 250 g/mol. The molecule has 6 heteroatoms. The van der Waals surface area contributed by atoms with Gasteiger partial charge in [-0.3, -0.25) is 9.59 Å². The van der Waals surface area contributed by atoms with Gasteiger partial charge < -0.3 is 15.3 Å². The Hall–Kier alpha value is -2.37. The lowest BCUT2D eigenvalue weighted by Gasteiger charge is -2.16. The van der Waals surface area contributed by atoms with Gasteiger partial charge in [0.05, 0.1) is 12.1 Å². The van der Waals surface area contributed by atoms with E-state index in [0.29, 0.717) is 5.56 Å². The number of amides is 2. The van der Waals surface area contributed by atoms with E-state index < -0.39 is 5.97 Å². The van der Waals surface area contributed by atoms with E-state index in [1.165, 1.54) is 43.3 Å². The fraction of sp³-hybridized carbons (Fsp3) is 0.250. The molecule has 0 bridgehead atoms. The standard InChI is InChI=1S/C12H14N2O4/c1-13-10(15)7-14(2)11(16)8-3-5-9(6-4-8)12(17)18/h3-6H,7H2,1-2H3,(H,13,15)(H,17,18). The highest BCUT2D eigenvalue weighted by molar-refractivity contribution is 5.97. The van der Waals surface area contributed by atoms with Gasteiger partial charge in [0.15, 0.2) is 0 Å². The summed E-state index contributed by atoms with van der Waals surface area (Å²) in [5.41, 5.74) is 0.451. The first-order chi connectivity index (χ1) is 8.45. The van der Waals surface area contributed by atoms with E-state index in [0.717, 1.165) is 0 Å². The highest BCUT2D eigenvalue weighted by Gasteiger charge is 2.14. The fourth-order valence-corrected chi connectivity index (χ4v) is 1.34. The zero-order valence-electron chi connectivity index (χ0n) is 10.1. The number of benzene rings is 1. The van der Waals surface area contributed by atoms with Gasteiger partial charge in [-0.2, -0.15) is 0 Å². The Labute approximate surface area is 104 Å². The Bertz CT molecular complexity index is 467. The van der Waals surface area contributed by atoms with Crippen molar-refractivity contribution in [1.82, 2.24) is 10.2 Å². The molecular formula is C12H14N2O4. The van der Waals surface area contributed by atoms with Crippen LogP contribution in [0, 0.1) is 0 Å². The Morgan fingerprint density at radius 1 is 1.17 bits per heavy atom. The quantitative estimate of drug-likeness (QED) is 0.799. The van der Waals surface area contributed by atoms with E-state index in [1.807, 2.05) is 0 Å². The van der Waals surface area contributed by atoms with Gasteiger partial charge in [0.25, 0.3) is 5.91 Å². The number of carbonyl (C=O) groups is 3. The number of rotatable bonds is 4. The molecule has 0 atom stereocenters. The summed E-state index contributed by atoms with van der Waals surface area (Å²) in [6, 6.07) is 5.55. The molecule has 0 saturated heterocycles. The normalized spacial score (nSPS) is 9.67. The topological polar surface area (TPSA) is 86.7 Å². The minimum absolute atomic E-state index is 0.0456. The summed E-state index contributed by atoms with van der Waals surface area (Å²) in [6.07, 6.45) is 0. The van der Waals surface area contributed by atoms with Crippen LogP contribution in [-0.2, 0) is 4.79 Å². The third kappa shape index (κ3) is 3.31. The summed E-state index contributed by atoms with van der Waals surface area (Å²) in [5.74, 6) is -1.66. The maximum Gasteiger partial charge on any atom is 0.335 e. The van der Waals surface area contributed by atoms with Crippen molar-refractivity contribution in [3.8, 4) is 0 Å². The van der Waals surface area contributed by atoms with Crippen molar-refractivity contribution in [2.75, 3.05) is 20.6 Å². The highest BCUT2D eigenvalue weighted by atomic mass is 16.4. The molecule has 6 nitrogen and oxygen atoms in total. The molecule has 0 spiro atoms. The van der Waals surface area contributed by atoms with Crippen LogP contribution in [0.25, 0.3) is 0 Å². The van der Waals surface area contributed by atoms with Crippen molar-refractivity contribution in [1.29, 1.82) is 0 Å². The summed E-state index contributed by atoms with van der Waals surface area (Å²) in [5, 5.41) is 11.1. The van der Waals surface area contributed by atoms with Gasteiger partial charge in [-0.25, -0.2) is 4.79 Å². The first-order valence-electron chi connectivity index (χ1n) is 5.25. The molecule has 1 aromatic carbocycles. The molecule has 1 aromatic rings. The van der Waals surface area contributed by atoms with Crippen LogP contribution in [-0.4, -0.2) is 48.4 Å². The predicted octanol–water partition coefficient (Wildman–Crippen LogP) is 0.203. The zero-order valence-corrected chi connectivity index (χ0v) is 10.1. The minimum atomic E-state index is -1.05. The lowest BCUT2D eigenvalue weighted by Crippen LogP contribution is -2.36. The first-order valence-corrected chi connectivity index (χ1v) is 5.25. The summed E-state index contributed by atoms with van der Waals surface area (Å²) < 4.78 is 0. The second-order valence-electron chi connectivity index (χ2n) is 3.72. The Kier molecular flexibility index (Phi) is 4.42. The van der Waals surface area contributed by atoms with Crippen molar-refractivity contribution in [3.05, 3.63) is 35.4 Å². The monoisotopic (exact) mass is 250 g/mol. The van der Waals surface area contributed by atoms with Crippen molar-refractivity contribution in [2.24, 2.45) is 0 Å². The number of hydrogen-bond acceptors (Lipinski definition) is 3. The SMILES string of the molecule is CNC(=O)CN(C)C(=O)c1ccc(C(=O)O)cc1. The van der Waals surface area contributed by atoms with Crippen molar-refractivity contribution in [2.45, 2.75) is 0 Å². The molecule has 18 heavy (non-hydrogen) atoms. The largest absolute Gasteiger partial charge is 0.478 e. The van der Waals surface area contributed by atoms with Gasteiger partial charge in [-0.05, 0) is 24.3 Å². The molecule has 2 amide bonds. The van der Waals surface area contributed by atoms with E-state index in [9.17, 15) is 14.4 Å². The highest BCUT2D eigenvalue weighted by Crippen LogP contribution is 2.07. The molecule has 0 heterocycles. The Balaban J connectivity index is 2.77. The number of carbonyl (C=O) groups excluding carboxylic acids is 2. The Morgan fingerprint density at radius 3 is 2.11 bits per heavy atom. The summed E-state index contributed by atoms with van der Waals surface area (Å²) in [4.78, 5) is 34.9. The van der Waals surface area contributed by atoms with E-state index >= 15 is 0 Å². The minimum Gasteiger partial charge on any atom is -0.478 e. The summed E-state index contributed by atoms with van der Waals surface area (Å²) in [7, 11) is 2.99. The molecular weight excluding hydrogens is 236 g/mol. The van der Waals surface area contributed by atoms with E-state index in [4.69, 9.17) is 5.11 Å². The number of nitrogens with zero attached hydrogens (tertiary/aromatic N) is 1. The van der Waals surface area contributed by atoms with Crippen molar-refractivity contribution < 1.29 is 19.5 Å². The van der Waals surface area contributed by atoms with Crippen LogP contribution in [0.15, 0.2) is 24.3 Å². The van der Waals surface area contributed by atoms with Crippen LogP contribution in [0.3, 0.4) is 0 Å². The number of carboxylic acids is 1. The molecule has 0 unspecified atom stereocenters. The number of nitrogens with one attached hydrogen (secondary N) is 1. The van der Waals surface area contributed by atoms with Crippen molar-refractivity contribution >= 4 is 17.8 Å². The fourth-order valence-electron chi connectivity index (χ4n) is 1.34. The number of aromatic carboxylic acids is 1. The third-order valence-electron chi connectivity index (χ3n) is 2.39. The molecule has 0 aliphatic carbocycles. The lowest BCUT2D eigenvalue weighted by atomic mass is 10.1. The molecule has 2 N–H and O–H groups in total. The van der Waals surface area contributed by atoms with Gasteiger partial charge in [0.2, 0.25) is 5.91 Å². The van der Waals surface area contributed by atoms with Crippen LogP contribution < -0.4 is 5.32 Å². The number of carboxylic acid groups (broad SMARTS) is 1. The summed E-state index contributed by atoms with van der Waals surface area (Å²) in [6.45, 7) is -0.0456. The number of likely N-dealkylation sites (N-methyl/N-ethyl adjacent to an activating group) is 2. The van der Waals surface area contributed by atoms with Gasteiger partial charge in [0, 0.05) is 19.7 Å². The molecule has 0 saturated carbocycles. The van der Waals surface area contributed by atoms with Crippen LogP contribution in [0.2, 0.25) is 0 Å². The molecule has 0 aliphatic heterocycles. The first kappa shape index (κ1) is 13.7. The predicted molar refractivity (Wildman–Crippen MR) is 64.4 cm³/mol. The van der Waals surface area contributed by atoms with Gasteiger partial charge >= 0.3 is 5.97 Å². The van der Waals surface area contributed by atoms with Gasteiger partial charge in [-0.15, -0.1) is 0 Å². The maximum atomic E-state index is 11.9. The average Bonchev–Trinajstić information content (AvgIpc) is 2.37. The number of hydrogen-bond donors (Lipinski definition) is 2. The molecule has 0 aliphatic rings. The lowest BCUT2D eigenvalue weighted by molar-refractivity contribution is -0.121. The Morgan fingerprint density at radius 2 is 1.67 bits per heavy atom. The van der Waals surface area contributed by atoms with Crippen LogP contribution >= 0.6 is 0 Å². The van der Waals surface area contributed by atoms with Gasteiger partial charge in [-0.1, -0.05) is 0 Å². The van der Waals surface area contributed by atoms with Gasteiger partial charge in [0.1, 0.15) is 0 Å². The molecule has 96 valence electrons. The molecule has 1 rings (SSSR count). The van der Waals surface area contributed by atoms with E-state index in [-0.39, 0.29) is 23.9 Å².